The number of benzene rings is 2. The zero-order valence-corrected chi connectivity index (χ0v) is 16.3. The van der Waals surface area contributed by atoms with E-state index in [1.807, 2.05) is 18.2 Å². The molecule has 2 heteroatoms. The maximum absolute atomic E-state index is 12.0. The van der Waals surface area contributed by atoms with E-state index >= 15 is 0 Å². The van der Waals surface area contributed by atoms with Crippen molar-refractivity contribution in [3.05, 3.63) is 65.2 Å². The Kier molecular flexibility index (Phi) is 5.80. The fourth-order valence-electron chi connectivity index (χ4n) is 3.65. The molecule has 0 saturated heterocycles. The summed E-state index contributed by atoms with van der Waals surface area (Å²) in [4.78, 5) is 12.0. The molecule has 1 aliphatic carbocycles. The lowest BCUT2D eigenvalue weighted by Gasteiger charge is -2.28. The smallest absolute Gasteiger partial charge is 0.133 e. The van der Waals surface area contributed by atoms with Crippen LogP contribution in [0.2, 0.25) is 0 Å². The molecule has 0 amide bonds. The maximum Gasteiger partial charge on any atom is 0.133 e. The number of ether oxygens (including phenoxy) is 1. The molecule has 0 radical (unpaired) electrons. The topological polar surface area (TPSA) is 26.3 Å². The SMILES string of the molecule is CCC(C)(C)c1ccc(C2CCCC(=O)C2)c(OCc2ccccc2)c1. The molecule has 0 heterocycles. The van der Waals surface area contributed by atoms with Crippen LogP contribution in [0.5, 0.6) is 5.75 Å². The van der Waals surface area contributed by atoms with Crippen LogP contribution < -0.4 is 4.74 Å². The molecule has 2 aromatic carbocycles. The van der Waals surface area contributed by atoms with E-state index in [0.29, 0.717) is 24.7 Å². The van der Waals surface area contributed by atoms with Crippen molar-refractivity contribution in [3.63, 3.8) is 0 Å². The van der Waals surface area contributed by atoms with E-state index < -0.39 is 0 Å². The highest BCUT2D eigenvalue weighted by molar-refractivity contribution is 5.80. The number of hydrogen-bond acceptors (Lipinski definition) is 2. The van der Waals surface area contributed by atoms with Gasteiger partial charge in [-0.15, -0.1) is 0 Å². The summed E-state index contributed by atoms with van der Waals surface area (Å²) in [6.45, 7) is 7.32. The Bertz CT molecular complexity index is 746. The van der Waals surface area contributed by atoms with Crippen LogP contribution in [0.4, 0.5) is 0 Å². The van der Waals surface area contributed by atoms with Crippen LogP contribution in [0.3, 0.4) is 0 Å². The molecule has 1 fully saturated rings. The Morgan fingerprint density at radius 1 is 1.12 bits per heavy atom. The molecule has 0 N–H and O–H groups in total. The van der Waals surface area contributed by atoms with Gasteiger partial charge in [0.15, 0.2) is 0 Å². The predicted molar refractivity (Wildman–Crippen MR) is 107 cm³/mol. The number of Topliss-reactive ketones (excluding diaryl/α,β-unsaturated/α-hetero) is 1. The number of carbonyl (C=O) groups is 1. The van der Waals surface area contributed by atoms with Crippen LogP contribution in [-0.2, 0) is 16.8 Å². The molecular formula is C24H30O2. The molecule has 1 atom stereocenters. The quantitative estimate of drug-likeness (QED) is 0.622. The zero-order valence-electron chi connectivity index (χ0n) is 16.3. The van der Waals surface area contributed by atoms with Gasteiger partial charge in [-0.1, -0.05) is 63.2 Å². The number of hydrogen-bond donors (Lipinski definition) is 0. The van der Waals surface area contributed by atoms with Crippen molar-refractivity contribution in [3.8, 4) is 5.75 Å². The third kappa shape index (κ3) is 4.35. The summed E-state index contributed by atoms with van der Waals surface area (Å²) < 4.78 is 6.28. The molecule has 2 nitrogen and oxygen atoms in total. The summed E-state index contributed by atoms with van der Waals surface area (Å²) in [6, 6.07) is 16.9. The van der Waals surface area contributed by atoms with Gasteiger partial charge in [-0.3, -0.25) is 4.79 Å². The van der Waals surface area contributed by atoms with Crippen LogP contribution in [-0.4, -0.2) is 5.78 Å². The van der Waals surface area contributed by atoms with Crippen molar-refractivity contribution in [1.29, 1.82) is 0 Å². The van der Waals surface area contributed by atoms with Crippen molar-refractivity contribution >= 4 is 5.78 Å². The fourth-order valence-corrected chi connectivity index (χ4v) is 3.65. The van der Waals surface area contributed by atoms with Gasteiger partial charge >= 0.3 is 0 Å². The first-order valence-corrected chi connectivity index (χ1v) is 9.82. The molecule has 2 aromatic rings. The van der Waals surface area contributed by atoms with E-state index in [0.717, 1.165) is 31.4 Å². The molecule has 0 aliphatic heterocycles. The molecular weight excluding hydrogens is 320 g/mol. The van der Waals surface area contributed by atoms with Crippen LogP contribution in [0.15, 0.2) is 48.5 Å². The standard InChI is InChI=1S/C24H30O2/c1-4-24(2,3)20-13-14-22(19-11-8-12-21(25)15-19)23(16-20)26-17-18-9-6-5-7-10-18/h5-7,9-10,13-14,16,19H,4,8,11-12,15,17H2,1-3H3. The largest absolute Gasteiger partial charge is 0.489 e. The van der Waals surface area contributed by atoms with Crippen molar-refractivity contribution in [2.75, 3.05) is 0 Å². The number of rotatable bonds is 6. The van der Waals surface area contributed by atoms with E-state index in [1.165, 1.54) is 16.7 Å². The van der Waals surface area contributed by atoms with Crippen LogP contribution >= 0.6 is 0 Å². The first-order valence-electron chi connectivity index (χ1n) is 9.82. The molecule has 1 aliphatic rings. The summed E-state index contributed by atoms with van der Waals surface area (Å²) in [5.41, 5.74) is 3.78. The van der Waals surface area contributed by atoms with Gasteiger partial charge in [0.25, 0.3) is 0 Å². The molecule has 26 heavy (non-hydrogen) atoms. The van der Waals surface area contributed by atoms with E-state index in [2.05, 4.69) is 51.1 Å². The minimum absolute atomic E-state index is 0.117. The van der Waals surface area contributed by atoms with Crippen molar-refractivity contribution < 1.29 is 9.53 Å². The Morgan fingerprint density at radius 3 is 2.58 bits per heavy atom. The van der Waals surface area contributed by atoms with Gasteiger partial charge < -0.3 is 4.74 Å². The number of carbonyl (C=O) groups excluding carboxylic acids is 1. The predicted octanol–water partition coefficient (Wildman–Crippen LogP) is 6.18. The van der Waals surface area contributed by atoms with Gasteiger partial charge in [-0.25, -0.2) is 0 Å². The Labute approximate surface area is 157 Å². The molecule has 0 bridgehead atoms. The lowest BCUT2D eigenvalue weighted by Crippen LogP contribution is -2.18. The molecule has 0 aromatic heterocycles. The lowest BCUT2D eigenvalue weighted by molar-refractivity contribution is -0.120. The summed E-state index contributed by atoms with van der Waals surface area (Å²) >= 11 is 0. The second-order valence-corrected chi connectivity index (χ2v) is 8.10. The highest BCUT2D eigenvalue weighted by Gasteiger charge is 2.26. The highest BCUT2D eigenvalue weighted by Crippen LogP contribution is 2.39. The van der Waals surface area contributed by atoms with E-state index in [-0.39, 0.29) is 5.41 Å². The van der Waals surface area contributed by atoms with Gasteiger partial charge in [0, 0.05) is 12.8 Å². The molecule has 0 spiro atoms. The van der Waals surface area contributed by atoms with Gasteiger partial charge in [-0.2, -0.15) is 0 Å². The molecule has 138 valence electrons. The van der Waals surface area contributed by atoms with Gasteiger partial charge in [0.05, 0.1) is 0 Å². The van der Waals surface area contributed by atoms with E-state index in [9.17, 15) is 4.79 Å². The van der Waals surface area contributed by atoms with Gasteiger partial charge in [0.2, 0.25) is 0 Å². The Morgan fingerprint density at radius 2 is 1.88 bits per heavy atom. The third-order valence-electron chi connectivity index (χ3n) is 5.84. The highest BCUT2D eigenvalue weighted by atomic mass is 16.5. The van der Waals surface area contributed by atoms with Crippen LogP contribution in [0.25, 0.3) is 0 Å². The summed E-state index contributed by atoms with van der Waals surface area (Å²) in [6.07, 6.45) is 4.52. The van der Waals surface area contributed by atoms with Gasteiger partial charge in [0.1, 0.15) is 18.1 Å². The maximum atomic E-state index is 12.0. The Balaban J connectivity index is 1.90. The molecule has 3 rings (SSSR count). The first kappa shape index (κ1) is 18.7. The van der Waals surface area contributed by atoms with Crippen LogP contribution in [0, 0.1) is 0 Å². The lowest BCUT2D eigenvalue weighted by atomic mass is 9.79. The minimum Gasteiger partial charge on any atom is -0.489 e. The number of ketones is 1. The fraction of sp³-hybridized carbons (Fsp3) is 0.458. The van der Waals surface area contributed by atoms with Crippen molar-refractivity contribution in [2.24, 2.45) is 0 Å². The van der Waals surface area contributed by atoms with Crippen molar-refractivity contribution in [1.82, 2.24) is 0 Å². The minimum atomic E-state index is 0.117. The van der Waals surface area contributed by atoms with Gasteiger partial charge in [-0.05, 0) is 53.4 Å². The second kappa shape index (κ2) is 8.07. The summed E-state index contributed by atoms with van der Waals surface area (Å²) in [7, 11) is 0. The molecule has 1 unspecified atom stereocenters. The molecule has 1 saturated carbocycles. The average Bonchev–Trinajstić information content (AvgIpc) is 2.67. The van der Waals surface area contributed by atoms with Crippen LogP contribution in [0.1, 0.15) is 75.5 Å². The van der Waals surface area contributed by atoms with E-state index in [1.54, 1.807) is 0 Å². The first-order chi connectivity index (χ1) is 12.5. The average molecular weight is 351 g/mol. The monoisotopic (exact) mass is 350 g/mol. The zero-order chi connectivity index (χ0) is 18.6. The van der Waals surface area contributed by atoms with E-state index in [4.69, 9.17) is 4.74 Å². The third-order valence-corrected chi connectivity index (χ3v) is 5.84. The normalized spacial score (nSPS) is 18.0. The Hall–Kier alpha value is -2.09. The second-order valence-electron chi connectivity index (χ2n) is 8.10. The summed E-state index contributed by atoms with van der Waals surface area (Å²) in [5, 5.41) is 0. The summed E-state index contributed by atoms with van der Waals surface area (Å²) in [5.74, 6) is 1.63. The van der Waals surface area contributed by atoms with Crippen molar-refractivity contribution in [2.45, 2.75) is 70.8 Å².